The maximum atomic E-state index is 5.56. The van der Waals surface area contributed by atoms with Crippen LogP contribution < -0.4 is 5.32 Å². The average molecular weight is 287 g/mol. The van der Waals surface area contributed by atoms with Crippen molar-refractivity contribution >= 4 is 0 Å². The fourth-order valence-electron chi connectivity index (χ4n) is 3.00. The molecule has 1 aromatic carbocycles. The Morgan fingerprint density at radius 2 is 2.19 bits per heavy atom. The van der Waals surface area contributed by atoms with Crippen LogP contribution in [0.2, 0.25) is 0 Å². The molecule has 5 nitrogen and oxygen atoms in total. The highest BCUT2D eigenvalue weighted by Crippen LogP contribution is 2.34. The lowest BCUT2D eigenvalue weighted by molar-refractivity contribution is 0.126. The van der Waals surface area contributed by atoms with Crippen molar-refractivity contribution < 1.29 is 9.26 Å². The largest absolute Gasteiger partial charge is 0.369 e. The zero-order valence-corrected chi connectivity index (χ0v) is 12.5. The Labute approximate surface area is 124 Å². The Morgan fingerprint density at radius 3 is 2.81 bits per heavy atom. The van der Waals surface area contributed by atoms with Crippen LogP contribution in [0.25, 0.3) is 0 Å². The minimum Gasteiger partial charge on any atom is -0.369 e. The second-order valence-electron chi connectivity index (χ2n) is 5.45. The molecule has 0 saturated carbocycles. The molecule has 2 atom stereocenters. The van der Waals surface area contributed by atoms with E-state index in [0.717, 1.165) is 31.4 Å². The van der Waals surface area contributed by atoms with Gasteiger partial charge in [0.25, 0.3) is 0 Å². The molecule has 2 aromatic rings. The SMILES string of the molecule is CCC1(c2nc(C(OC)c3ccccc3)no2)CCCN1. The van der Waals surface area contributed by atoms with Crippen LogP contribution >= 0.6 is 0 Å². The third-order valence-electron chi connectivity index (χ3n) is 4.27. The summed E-state index contributed by atoms with van der Waals surface area (Å²) in [6.07, 6.45) is 2.82. The van der Waals surface area contributed by atoms with Gasteiger partial charge in [-0.1, -0.05) is 42.4 Å². The number of hydrogen-bond acceptors (Lipinski definition) is 5. The lowest BCUT2D eigenvalue weighted by Crippen LogP contribution is -2.36. The van der Waals surface area contributed by atoms with Gasteiger partial charge in [0.2, 0.25) is 11.7 Å². The second kappa shape index (κ2) is 5.95. The van der Waals surface area contributed by atoms with Crippen LogP contribution in [0.5, 0.6) is 0 Å². The smallest absolute Gasteiger partial charge is 0.247 e. The molecule has 2 unspecified atom stereocenters. The maximum absolute atomic E-state index is 5.56. The average Bonchev–Trinajstić information content (AvgIpc) is 3.19. The van der Waals surface area contributed by atoms with Crippen molar-refractivity contribution in [1.82, 2.24) is 15.5 Å². The van der Waals surface area contributed by atoms with Crippen molar-refractivity contribution in [1.29, 1.82) is 0 Å². The van der Waals surface area contributed by atoms with Crippen molar-refractivity contribution in [3.8, 4) is 0 Å². The molecule has 2 heterocycles. The first-order chi connectivity index (χ1) is 10.3. The van der Waals surface area contributed by atoms with Crippen LogP contribution in [-0.4, -0.2) is 23.8 Å². The quantitative estimate of drug-likeness (QED) is 0.916. The van der Waals surface area contributed by atoms with Gasteiger partial charge in [-0.05, 0) is 31.4 Å². The monoisotopic (exact) mass is 287 g/mol. The molecule has 112 valence electrons. The van der Waals surface area contributed by atoms with Crippen molar-refractivity contribution in [3.63, 3.8) is 0 Å². The summed E-state index contributed by atoms with van der Waals surface area (Å²) in [4.78, 5) is 4.62. The first-order valence-electron chi connectivity index (χ1n) is 7.46. The van der Waals surface area contributed by atoms with Gasteiger partial charge in [0, 0.05) is 7.11 Å². The van der Waals surface area contributed by atoms with Gasteiger partial charge in [0.05, 0.1) is 5.54 Å². The van der Waals surface area contributed by atoms with E-state index in [4.69, 9.17) is 9.26 Å². The predicted molar refractivity (Wildman–Crippen MR) is 78.8 cm³/mol. The van der Waals surface area contributed by atoms with Crippen molar-refractivity contribution in [3.05, 3.63) is 47.6 Å². The summed E-state index contributed by atoms with van der Waals surface area (Å²) < 4.78 is 11.1. The Morgan fingerprint density at radius 1 is 1.38 bits per heavy atom. The van der Waals surface area contributed by atoms with Crippen LogP contribution in [0.1, 0.15) is 49.6 Å². The molecule has 1 aliphatic heterocycles. The molecule has 21 heavy (non-hydrogen) atoms. The Kier molecular flexibility index (Phi) is 4.03. The van der Waals surface area contributed by atoms with Gasteiger partial charge in [-0.25, -0.2) is 0 Å². The minimum absolute atomic E-state index is 0.166. The fourth-order valence-corrected chi connectivity index (χ4v) is 3.00. The summed E-state index contributed by atoms with van der Waals surface area (Å²) in [5, 5.41) is 7.66. The molecular weight excluding hydrogens is 266 g/mol. The third kappa shape index (κ3) is 2.59. The van der Waals surface area contributed by atoms with E-state index >= 15 is 0 Å². The van der Waals surface area contributed by atoms with Crippen molar-refractivity contribution in [2.24, 2.45) is 0 Å². The molecule has 0 spiro atoms. The first-order valence-corrected chi connectivity index (χ1v) is 7.46. The van der Waals surface area contributed by atoms with Crippen LogP contribution in [-0.2, 0) is 10.3 Å². The normalized spacial score (nSPS) is 23.3. The Bertz CT molecular complexity index is 576. The van der Waals surface area contributed by atoms with Gasteiger partial charge in [-0.3, -0.25) is 0 Å². The molecule has 1 N–H and O–H groups in total. The van der Waals surface area contributed by atoms with Gasteiger partial charge in [-0.2, -0.15) is 4.98 Å². The number of ether oxygens (including phenoxy) is 1. The molecule has 0 aliphatic carbocycles. The van der Waals surface area contributed by atoms with E-state index in [9.17, 15) is 0 Å². The summed E-state index contributed by atoms with van der Waals surface area (Å²) >= 11 is 0. The van der Waals surface area contributed by atoms with Crippen molar-refractivity contribution in [2.75, 3.05) is 13.7 Å². The minimum atomic E-state index is -0.293. The third-order valence-corrected chi connectivity index (χ3v) is 4.27. The number of aromatic nitrogens is 2. The molecule has 0 amide bonds. The molecule has 1 aromatic heterocycles. The number of nitrogens with one attached hydrogen (secondary N) is 1. The molecule has 1 fully saturated rings. The summed E-state index contributed by atoms with van der Waals surface area (Å²) in [6, 6.07) is 9.95. The number of nitrogens with zero attached hydrogens (tertiary/aromatic N) is 2. The van der Waals surface area contributed by atoms with Crippen molar-refractivity contribution in [2.45, 2.75) is 37.8 Å². The van der Waals surface area contributed by atoms with E-state index < -0.39 is 0 Å². The number of rotatable bonds is 5. The van der Waals surface area contributed by atoms with Gasteiger partial charge < -0.3 is 14.6 Å². The summed E-state index contributed by atoms with van der Waals surface area (Å²) in [6.45, 7) is 3.14. The molecule has 5 heteroatoms. The summed E-state index contributed by atoms with van der Waals surface area (Å²) in [7, 11) is 1.66. The van der Waals surface area contributed by atoms with Crippen LogP contribution in [0.4, 0.5) is 0 Å². The molecular formula is C16H21N3O2. The van der Waals surface area contributed by atoms with Gasteiger partial charge in [0.1, 0.15) is 6.10 Å². The van der Waals surface area contributed by atoms with E-state index in [2.05, 4.69) is 22.4 Å². The topological polar surface area (TPSA) is 60.2 Å². The Balaban J connectivity index is 1.90. The molecule has 1 saturated heterocycles. The number of hydrogen-bond donors (Lipinski definition) is 1. The zero-order valence-electron chi connectivity index (χ0n) is 12.5. The van der Waals surface area contributed by atoms with Crippen LogP contribution in [0, 0.1) is 0 Å². The van der Waals surface area contributed by atoms with Gasteiger partial charge in [-0.15, -0.1) is 0 Å². The van der Waals surface area contributed by atoms with E-state index in [1.54, 1.807) is 7.11 Å². The van der Waals surface area contributed by atoms with E-state index in [1.807, 2.05) is 30.3 Å². The second-order valence-corrected chi connectivity index (χ2v) is 5.45. The molecule has 0 radical (unpaired) electrons. The highest BCUT2D eigenvalue weighted by Gasteiger charge is 2.39. The fraction of sp³-hybridized carbons (Fsp3) is 0.500. The lowest BCUT2D eigenvalue weighted by Gasteiger charge is -2.22. The number of benzene rings is 1. The predicted octanol–water partition coefficient (Wildman–Crippen LogP) is 2.79. The lowest BCUT2D eigenvalue weighted by atomic mass is 9.94. The highest BCUT2D eigenvalue weighted by atomic mass is 16.5. The highest BCUT2D eigenvalue weighted by molar-refractivity contribution is 5.23. The van der Waals surface area contributed by atoms with E-state index in [1.165, 1.54) is 0 Å². The number of methoxy groups -OCH3 is 1. The van der Waals surface area contributed by atoms with Crippen LogP contribution in [0.3, 0.4) is 0 Å². The van der Waals surface area contributed by atoms with Gasteiger partial charge in [0.15, 0.2) is 0 Å². The molecule has 0 bridgehead atoms. The molecule has 3 rings (SSSR count). The molecule has 1 aliphatic rings. The Hall–Kier alpha value is -1.72. The van der Waals surface area contributed by atoms with Crippen LogP contribution in [0.15, 0.2) is 34.9 Å². The summed E-state index contributed by atoms with van der Waals surface area (Å²) in [5.74, 6) is 1.26. The standard InChI is InChI=1S/C16H21N3O2/c1-3-16(10-7-11-17-16)15-18-14(19-21-15)13(20-2)12-8-5-4-6-9-12/h4-6,8-9,13,17H,3,7,10-11H2,1-2H3. The first kappa shape index (κ1) is 14.2. The van der Waals surface area contributed by atoms with E-state index in [0.29, 0.717) is 11.7 Å². The maximum Gasteiger partial charge on any atom is 0.247 e. The van der Waals surface area contributed by atoms with E-state index in [-0.39, 0.29) is 11.6 Å². The summed E-state index contributed by atoms with van der Waals surface area (Å²) in [5.41, 5.74) is 0.859. The zero-order chi connectivity index (χ0) is 14.7. The van der Waals surface area contributed by atoms with Gasteiger partial charge >= 0.3 is 0 Å².